The molecule has 0 heterocycles. The lowest BCUT2D eigenvalue weighted by Crippen LogP contribution is -2.25. The largest absolute Gasteiger partial charge is 0.310 e. The minimum atomic E-state index is -0.379. The smallest absolute Gasteiger partial charge is 0.0725 e. The molecule has 0 amide bonds. The summed E-state index contributed by atoms with van der Waals surface area (Å²) in [6.07, 6.45) is 0. The number of benzene rings is 10. The van der Waals surface area contributed by atoms with Crippen LogP contribution >= 0.6 is 0 Å². The fourth-order valence-electron chi connectivity index (χ4n) is 10.4. The van der Waals surface area contributed by atoms with E-state index in [0.29, 0.717) is 0 Å². The highest BCUT2D eigenvalue weighted by Gasteiger charge is 2.51. The fourth-order valence-corrected chi connectivity index (χ4v) is 10.4. The molecule has 12 rings (SSSR count). The maximum atomic E-state index is 2.46. The molecule has 0 fully saturated rings. The van der Waals surface area contributed by atoms with Crippen LogP contribution in [0.15, 0.2) is 249 Å². The maximum Gasteiger partial charge on any atom is 0.0725 e. The van der Waals surface area contributed by atoms with E-state index in [2.05, 4.69) is 254 Å². The Bertz CT molecular complexity index is 3130. The van der Waals surface area contributed by atoms with Crippen molar-refractivity contribution in [3.05, 3.63) is 271 Å². The van der Waals surface area contributed by atoms with E-state index in [0.717, 1.165) is 17.1 Å². The van der Waals surface area contributed by atoms with Crippen molar-refractivity contribution in [2.45, 2.75) is 5.41 Å². The van der Waals surface area contributed by atoms with Crippen molar-refractivity contribution in [3.63, 3.8) is 0 Å². The quantitative estimate of drug-likeness (QED) is 0.155. The molecule has 0 aliphatic heterocycles. The molecule has 62 heavy (non-hydrogen) atoms. The second-order valence-electron chi connectivity index (χ2n) is 16.4. The van der Waals surface area contributed by atoms with E-state index >= 15 is 0 Å². The number of nitrogens with zero attached hydrogens (tertiary/aromatic N) is 1. The first kappa shape index (κ1) is 35.9. The first-order valence-electron chi connectivity index (χ1n) is 21.5. The van der Waals surface area contributed by atoms with Crippen LogP contribution in [-0.4, -0.2) is 0 Å². The Hall–Kier alpha value is -8.00. The summed E-state index contributed by atoms with van der Waals surface area (Å²) in [5.74, 6) is 0. The molecule has 1 heteroatoms. The first-order valence-corrected chi connectivity index (χ1v) is 21.5. The van der Waals surface area contributed by atoms with Crippen LogP contribution in [-0.2, 0) is 5.41 Å². The molecule has 0 aromatic heterocycles. The molecule has 0 N–H and O–H groups in total. The van der Waals surface area contributed by atoms with Crippen LogP contribution in [0.2, 0.25) is 0 Å². The Kier molecular flexibility index (Phi) is 8.47. The number of hydrogen-bond acceptors (Lipinski definition) is 1. The van der Waals surface area contributed by atoms with Crippen LogP contribution in [0.25, 0.3) is 66.8 Å². The molecule has 290 valence electrons. The molecule has 2 aliphatic carbocycles. The van der Waals surface area contributed by atoms with Crippen LogP contribution in [0, 0.1) is 0 Å². The second kappa shape index (κ2) is 14.6. The standard InChI is InChI=1S/C61H41N/c1-4-16-42(17-5-1)44-28-33-48(34-29-44)62(49-35-30-45(31-36-49)43-18-6-2-7-19-43)50-37-38-51(46-20-8-3-9-21-46)55(41-50)47-32-39-60-56(40-47)54-24-12-15-27-59(54)61(60)57-25-13-10-22-52(57)53-23-11-14-26-58(53)61/h1-41H. The van der Waals surface area contributed by atoms with Crippen molar-refractivity contribution in [2.75, 3.05) is 4.90 Å². The highest BCUT2D eigenvalue weighted by atomic mass is 15.1. The highest BCUT2D eigenvalue weighted by molar-refractivity contribution is 5.97. The third-order valence-electron chi connectivity index (χ3n) is 13.1. The van der Waals surface area contributed by atoms with E-state index in [1.165, 1.54) is 89.0 Å². The third kappa shape index (κ3) is 5.63. The van der Waals surface area contributed by atoms with Crippen molar-refractivity contribution in [1.82, 2.24) is 0 Å². The van der Waals surface area contributed by atoms with Crippen molar-refractivity contribution in [1.29, 1.82) is 0 Å². The van der Waals surface area contributed by atoms with Gasteiger partial charge in [-0.15, -0.1) is 0 Å². The van der Waals surface area contributed by atoms with Gasteiger partial charge in [0, 0.05) is 17.1 Å². The molecule has 10 aromatic rings. The molecule has 0 saturated carbocycles. The van der Waals surface area contributed by atoms with Gasteiger partial charge >= 0.3 is 0 Å². The number of rotatable bonds is 7. The van der Waals surface area contributed by atoms with E-state index in [-0.39, 0.29) is 5.41 Å². The third-order valence-corrected chi connectivity index (χ3v) is 13.1. The van der Waals surface area contributed by atoms with Crippen LogP contribution < -0.4 is 4.90 Å². The molecule has 1 nitrogen and oxygen atoms in total. The summed E-state index contributed by atoms with van der Waals surface area (Å²) in [6, 6.07) is 91.4. The molecule has 0 radical (unpaired) electrons. The van der Waals surface area contributed by atoms with Gasteiger partial charge in [-0.05, 0) is 131 Å². The predicted molar refractivity (Wildman–Crippen MR) is 259 cm³/mol. The average molecular weight is 788 g/mol. The van der Waals surface area contributed by atoms with Gasteiger partial charge in [0.25, 0.3) is 0 Å². The number of anilines is 3. The van der Waals surface area contributed by atoms with Crippen LogP contribution in [0.5, 0.6) is 0 Å². The van der Waals surface area contributed by atoms with Crippen molar-refractivity contribution in [2.24, 2.45) is 0 Å². The van der Waals surface area contributed by atoms with Crippen molar-refractivity contribution >= 4 is 17.1 Å². The van der Waals surface area contributed by atoms with Crippen molar-refractivity contribution < 1.29 is 0 Å². The fraction of sp³-hybridized carbons (Fsp3) is 0.0164. The zero-order valence-electron chi connectivity index (χ0n) is 34.1. The van der Waals surface area contributed by atoms with Gasteiger partial charge in [-0.2, -0.15) is 0 Å². The Morgan fingerprint density at radius 2 is 0.581 bits per heavy atom. The van der Waals surface area contributed by atoms with Gasteiger partial charge in [0.1, 0.15) is 0 Å². The summed E-state index contributed by atoms with van der Waals surface area (Å²) < 4.78 is 0. The van der Waals surface area contributed by atoms with Gasteiger partial charge in [0.15, 0.2) is 0 Å². The molecule has 2 aliphatic rings. The molecule has 0 atom stereocenters. The van der Waals surface area contributed by atoms with Gasteiger partial charge in [-0.25, -0.2) is 0 Å². The first-order chi connectivity index (χ1) is 30.8. The SMILES string of the molecule is c1ccc(-c2ccc(N(c3ccc(-c4ccccc4)cc3)c3ccc(-c4ccccc4)c(-c4ccc5c(c4)-c4ccccc4C54c5ccccc5-c5ccccc54)c3)cc2)cc1. The summed E-state index contributed by atoms with van der Waals surface area (Å²) in [6.45, 7) is 0. The molecule has 10 aromatic carbocycles. The Morgan fingerprint density at radius 1 is 0.210 bits per heavy atom. The lowest BCUT2D eigenvalue weighted by atomic mass is 9.70. The minimum Gasteiger partial charge on any atom is -0.310 e. The van der Waals surface area contributed by atoms with Gasteiger partial charge in [0.05, 0.1) is 5.41 Å². The van der Waals surface area contributed by atoms with E-state index in [1.54, 1.807) is 0 Å². The Labute approximate surface area is 363 Å². The van der Waals surface area contributed by atoms with Gasteiger partial charge < -0.3 is 4.90 Å². The monoisotopic (exact) mass is 787 g/mol. The summed E-state index contributed by atoms with van der Waals surface area (Å²) >= 11 is 0. The van der Waals surface area contributed by atoms with E-state index < -0.39 is 0 Å². The Balaban J connectivity index is 1.05. The Morgan fingerprint density at radius 3 is 1.08 bits per heavy atom. The molecular formula is C61H41N. The zero-order chi connectivity index (χ0) is 41.0. The number of hydrogen-bond donors (Lipinski definition) is 0. The molecule has 0 unspecified atom stereocenters. The van der Waals surface area contributed by atoms with Gasteiger partial charge in [-0.1, -0.05) is 206 Å². The molecule has 1 spiro atoms. The normalized spacial score (nSPS) is 12.6. The topological polar surface area (TPSA) is 3.24 Å². The summed E-state index contributed by atoms with van der Waals surface area (Å²) in [5, 5.41) is 0. The lowest BCUT2D eigenvalue weighted by Gasteiger charge is -2.30. The lowest BCUT2D eigenvalue weighted by molar-refractivity contribution is 0.794. The number of fused-ring (bicyclic) bond motifs is 10. The van der Waals surface area contributed by atoms with Crippen LogP contribution in [0.4, 0.5) is 17.1 Å². The highest BCUT2D eigenvalue weighted by Crippen LogP contribution is 2.63. The van der Waals surface area contributed by atoms with Crippen molar-refractivity contribution in [3.8, 4) is 66.8 Å². The van der Waals surface area contributed by atoms with E-state index in [1.807, 2.05) is 0 Å². The average Bonchev–Trinajstić information content (AvgIpc) is 3.82. The predicted octanol–water partition coefficient (Wildman–Crippen LogP) is 16.2. The van der Waals surface area contributed by atoms with Gasteiger partial charge in [-0.3, -0.25) is 0 Å². The molecular weight excluding hydrogens is 747 g/mol. The summed E-state index contributed by atoms with van der Waals surface area (Å²) in [4.78, 5) is 2.39. The van der Waals surface area contributed by atoms with E-state index in [9.17, 15) is 0 Å². The van der Waals surface area contributed by atoms with Crippen LogP contribution in [0.3, 0.4) is 0 Å². The van der Waals surface area contributed by atoms with E-state index in [4.69, 9.17) is 0 Å². The van der Waals surface area contributed by atoms with Crippen LogP contribution in [0.1, 0.15) is 22.3 Å². The maximum absolute atomic E-state index is 2.46. The zero-order valence-corrected chi connectivity index (χ0v) is 34.1. The molecule has 0 bridgehead atoms. The second-order valence-corrected chi connectivity index (χ2v) is 16.4. The van der Waals surface area contributed by atoms with Gasteiger partial charge in [0.2, 0.25) is 0 Å². The summed E-state index contributed by atoms with van der Waals surface area (Å²) in [7, 11) is 0. The molecule has 0 saturated heterocycles. The minimum absolute atomic E-state index is 0.379. The summed E-state index contributed by atoms with van der Waals surface area (Å²) in [5.41, 5.74) is 23.1.